The van der Waals surface area contributed by atoms with Gasteiger partial charge in [-0.1, -0.05) is 18.2 Å². The number of imidazole rings is 3. The van der Waals surface area contributed by atoms with Gasteiger partial charge in [0.2, 0.25) is 0 Å². The maximum absolute atomic E-state index is 13.9. The molecular weight excluding hydrogens is 1470 g/mol. The van der Waals surface area contributed by atoms with Gasteiger partial charge < -0.3 is 43.6 Å². The predicted octanol–water partition coefficient (Wildman–Crippen LogP) is 12.9. The quantitative estimate of drug-likeness (QED) is 0.129. The summed E-state index contributed by atoms with van der Waals surface area (Å²) >= 11 is 0. The van der Waals surface area contributed by atoms with Crippen LogP contribution in [0.25, 0.3) is 50.7 Å². The van der Waals surface area contributed by atoms with Gasteiger partial charge in [0.15, 0.2) is 16.9 Å². The van der Waals surface area contributed by atoms with Gasteiger partial charge in [-0.25, -0.2) is 51.3 Å². The third kappa shape index (κ3) is 17.9. The number of fused-ring (bicyclic) bond motifs is 3. The average molecular weight is 1540 g/mol. The topological polar surface area (TPSA) is 240 Å². The number of benzene rings is 4. The normalized spacial score (nSPS) is 17.3. The van der Waals surface area contributed by atoms with Crippen LogP contribution in [0.2, 0.25) is 0 Å². The molecule has 4 aromatic carbocycles. The summed E-state index contributed by atoms with van der Waals surface area (Å²) in [5, 5.41) is 12.5. The highest BCUT2D eigenvalue weighted by molar-refractivity contribution is 5.95. The van der Waals surface area contributed by atoms with E-state index in [2.05, 4.69) is 30.2 Å². The molecule has 0 radical (unpaired) electrons. The second-order valence-electron chi connectivity index (χ2n) is 27.2. The number of rotatable bonds is 8. The lowest BCUT2D eigenvalue weighted by atomic mass is 10.1. The molecular formula is C74H69F12N15O9. The maximum atomic E-state index is 13.9. The van der Waals surface area contributed by atoms with Crippen LogP contribution in [-0.2, 0) is 32.8 Å². The van der Waals surface area contributed by atoms with Crippen molar-refractivity contribution >= 4 is 52.8 Å². The van der Waals surface area contributed by atoms with Crippen molar-refractivity contribution in [3.05, 3.63) is 191 Å². The Morgan fingerprint density at radius 3 is 1.19 bits per heavy atom. The van der Waals surface area contributed by atoms with Crippen molar-refractivity contribution in [2.45, 2.75) is 96.2 Å². The number of halogens is 12. The van der Waals surface area contributed by atoms with Crippen LogP contribution in [0.1, 0.15) is 102 Å². The summed E-state index contributed by atoms with van der Waals surface area (Å²) in [6.07, 6.45) is -10.4. The number of nitrogens with zero attached hydrogens (tertiary/aromatic N) is 15. The summed E-state index contributed by atoms with van der Waals surface area (Å²) in [7, 11) is 0. The highest BCUT2D eigenvalue weighted by Gasteiger charge is 2.42. The van der Waals surface area contributed by atoms with Gasteiger partial charge in [-0.05, 0) is 157 Å². The first kappa shape index (κ1) is 77.9. The highest BCUT2D eigenvalue weighted by Crippen LogP contribution is 2.38. The highest BCUT2D eigenvalue weighted by atomic mass is 19.4. The van der Waals surface area contributed by atoms with E-state index in [1.165, 1.54) is 60.9 Å². The number of alkyl halides is 9. The van der Waals surface area contributed by atoms with Crippen LogP contribution in [0.15, 0.2) is 140 Å². The Balaban J connectivity index is 0.000000154. The first-order valence-corrected chi connectivity index (χ1v) is 34.6. The van der Waals surface area contributed by atoms with Crippen LogP contribution in [0.4, 0.5) is 62.3 Å². The third-order valence-electron chi connectivity index (χ3n) is 18.2. The Morgan fingerprint density at radius 2 is 0.818 bits per heavy atom. The molecule has 4 fully saturated rings. The monoisotopic (exact) mass is 1540 g/mol. The lowest BCUT2D eigenvalue weighted by molar-refractivity contribution is -0.145. The molecule has 14 rings (SSSR count). The Labute approximate surface area is 618 Å². The fraction of sp³-hybridized carbons (Fsp3) is 0.351. The van der Waals surface area contributed by atoms with Gasteiger partial charge in [0.25, 0.3) is 23.6 Å². The number of carbonyl (C=O) groups is 6. The summed E-state index contributed by atoms with van der Waals surface area (Å²) in [5.74, 6) is -3.02. The standard InChI is InChI=1S/C26H21F4N5O3.C24H23F4N5O3.C24H25F4N5O3/c1-16-14-33(11-12-34(16)25(37)38-19-5-3-2-4-6-19)24(36)22-15-35-23(31-22)20(26(28,29)30)13-21(32-35)17-7-9-18(27)10-8-17;1-14-12-31(8-9-32(14)23(35)20-3-2-10-36-20)22(34)19-13-33-21(29-19)17(24(26,27)28)11-18(30-33)15-4-6-16(25)7-5-15;1-23(2,3)36-22(35)32-10-4-9-31(11-12-32)21(34)19-14-33-20(29-19)17(24(26,27)28)13-18(30-33)15-5-7-16(25)8-6-15/h2-10,13,15-16H,11-12,14H2,1H3;4-7,11,13-14,20H,2-3,8-10,12H2,1H3;5-8,13-14H,4,9-12H2,1-3H3/t16-;14-,20-;/m00./s1. The average Bonchev–Trinajstić information content (AvgIpc) is 1.60. The zero-order valence-corrected chi connectivity index (χ0v) is 59.3. The third-order valence-corrected chi connectivity index (χ3v) is 18.2. The van der Waals surface area contributed by atoms with Crippen molar-refractivity contribution in [1.29, 1.82) is 0 Å². The van der Waals surface area contributed by atoms with Crippen LogP contribution in [0, 0.1) is 17.5 Å². The van der Waals surface area contributed by atoms with E-state index in [1.807, 2.05) is 6.92 Å². The van der Waals surface area contributed by atoms with Crippen molar-refractivity contribution in [3.8, 4) is 39.5 Å². The summed E-state index contributed by atoms with van der Waals surface area (Å²) < 4.78 is 184. The molecule has 0 N–H and O–H groups in total. The van der Waals surface area contributed by atoms with E-state index in [4.69, 9.17) is 14.2 Å². The second-order valence-corrected chi connectivity index (χ2v) is 27.2. The van der Waals surface area contributed by atoms with Crippen molar-refractivity contribution in [2.24, 2.45) is 0 Å². The molecule has 10 aromatic rings. The SMILES string of the molecule is CC(C)(C)OC(=O)N1CCCN(C(=O)c2cn3nc(-c4ccc(F)cc4)cc(C(F)(F)F)c3n2)CC1.C[C@H]1CN(C(=O)c2cn3nc(-c4ccc(F)cc4)cc(C(F)(F)F)c3n2)CCN1C(=O)Oc1ccccc1.C[C@H]1CN(C(=O)c2cn3nc(-c4ccc(F)cc4)cc(C(F)(F)F)c3n2)CCN1C(=O)[C@@H]1CCCO1. The van der Waals surface area contributed by atoms with Crippen LogP contribution < -0.4 is 4.74 Å². The molecule has 24 nitrogen and oxygen atoms in total. The molecule has 110 heavy (non-hydrogen) atoms. The molecule has 6 amide bonds. The van der Waals surface area contributed by atoms with Gasteiger partial charge in [0, 0.05) is 101 Å². The summed E-state index contributed by atoms with van der Waals surface area (Å²) in [6, 6.07) is 25.0. The Morgan fingerprint density at radius 1 is 0.445 bits per heavy atom. The number of ether oxygens (including phenoxy) is 3. The zero-order valence-electron chi connectivity index (χ0n) is 59.3. The number of para-hydroxylation sites is 1. The minimum absolute atomic E-state index is 0.0406. The molecule has 0 spiro atoms. The lowest BCUT2D eigenvalue weighted by Crippen LogP contribution is -2.57. The molecule has 0 aliphatic carbocycles. The maximum Gasteiger partial charge on any atom is 0.420 e. The van der Waals surface area contributed by atoms with E-state index in [-0.39, 0.29) is 109 Å². The molecule has 0 bridgehead atoms. The first-order valence-electron chi connectivity index (χ1n) is 34.6. The molecule has 3 atom stereocenters. The van der Waals surface area contributed by atoms with E-state index >= 15 is 0 Å². The van der Waals surface area contributed by atoms with Gasteiger partial charge in [0.1, 0.15) is 68.7 Å². The number of hydrogen-bond donors (Lipinski definition) is 0. The predicted molar refractivity (Wildman–Crippen MR) is 369 cm³/mol. The molecule has 4 saturated heterocycles. The largest absolute Gasteiger partial charge is 0.444 e. The fourth-order valence-electron chi connectivity index (χ4n) is 12.8. The van der Waals surface area contributed by atoms with Crippen molar-refractivity contribution in [3.63, 3.8) is 0 Å². The molecule has 0 saturated carbocycles. The van der Waals surface area contributed by atoms with E-state index in [0.29, 0.717) is 44.8 Å². The van der Waals surface area contributed by atoms with Crippen molar-refractivity contribution in [1.82, 2.24) is 73.2 Å². The Bertz CT molecular complexity index is 5070. The van der Waals surface area contributed by atoms with Gasteiger partial charge in [-0.3, -0.25) is 19.2 Å². The zero-order chi connectivity index (χ0) is 78.9. The van der Waals surface area contributed by atoms with Crippen LogP contribution in [0.5, 0.6) is 5.75 Å². The first-order chi connectivity index (χ1) is 52.0. The van der Waals surface area contributed by atoms with Gasteiger partial charge in [-0.2, -0.15) is 54.8 Å². The molecule has 10 heterocycles. The van der Waals surface area contributed by atoms with E-state index < -0.39 is 117 Å². The fourth-order valence-corrected chi connectivity index (χ4v) is 12.8. The number of amides is 6. The molecule has 578 valence electrons. The van der Waals surface area contributed by atoms with Crippen molar-refractivity contribution in [2.75, 3.05) is 72.1 Å². The summed E-state index contributed by atoms with van der Waals surface area (Å²) in [5.41, 5.74) is -5.31. The van der Waals surface area contributed by atoms with Gasteiger partial charge >= 0.3 is 30.7 Å². The molecule has 6 aromatic heterocycles. The molecule has 4 aliphatic heterocycles. The molecule has 36 heteroatoms. The smallest absolute Gasteiger partial charge is 0.420 e. The van der Waals surface area contributed by atoms with Crippen LogP contribution in [0.3, 0.4) is 0 Å². The minimum atomic E-state index is -4.77. The molecule has 0 unspecified atom stereocenters. The van der Waals surface area contributed by atoms with Crippen LogP contribution >= 0.6 is 0 Å². The van der Waals surface area contributed by atoms with Crippen LogP contribution in [-0.4, -0.2) is 205 Å². The second kappa shape index (κ2) is 31.5. The Hall–Kier alpha value is -11.7. The number of aromatic nitrogens is 9. The van der Waals surface area contributed by atoms with Crippen molar-refractivity contribution < 1.29 is 95.7 Å². The number of piperazine rings is 2. The van der Waals surface area contributed by atoms with Gasteiger partial charge in [0.05, 0.1) is 35.7 Å². The Kier molecular flexibility index (Phi) is 22.3. The van der Waals surface area contributed by atoms with E-state index in [0.717, 1.165) is 93.2 Å². The minimum Gasteiger partial charge on any atom is -0.444 e. The lowest BCUT2D eigenvalue weighted by Gasteiger charge is -2.40. The van der Waals surface area contributed by atoms with E-state index in [9.17, 15) is 81.5 Å². The van der Waals surface area contributed by atoms with E-state index in [1.54, 1.807) is 62.9 Å². The molecule has 4 aliphatic rings. The number of hydrogen-bond acceptors (Lipinski definition) is 15. The summed E-state index contributed by atoms with van der Waals surface area (Å²) in [6.45, 7) is 11.6. The number of carbonyl (C=O) groups excluding carboxylic acids is 6. The van der Waals surface area contributed by atoms with Gasteiger partial charge in [-0.15, -0.1) is 0 Å². The summed E-state index contributed by atoms with van der Waals surface area (Å²) in [4.78, 5) is 98.1.